The van der Waals surface area contributed by atoms with Gasteiger partial charge in [-0.15, -0.1) is 0 Å². The first kappa shape index (κ1) is 15.5. The van der Waals surface area contributed by atoms with E-state index in [2.05, 4.69) is 9.71 Å². The number of carbonyl (C=O) groups excluding carboxylic acids is 1. The summed E-state index contributed by atoms with van der Waals surface area (Å²) < 4.78 is 31.3. The Morgan fingerprint density at radius 1 is 1.29 bits per heavy atom. The summed E-state index contributed by atoms with van der Waals surface area (Å²) in [5.74, 6) is -0.0566. The summed E-state index contributed by atoms with van der Waals surface area (Å²) in [5, 5.41) is 0. The van der Waals surface area contributed by atoms with Gasteiger partial charge < -0.3 is 4.74 Å². The highest BCUT2D eigenvalue weighted by Crippen LogP contribution is 2.22. The molecule has 6 nitrogen and oxygen atoms in total. The zero-order valence-electron chi connectivity index (χ0n) is 12.2. The maximum atomic E-state index is 11.9. The number of ether oxygens (including phenoxy) is 1. The van der Waals surface area contributed by atoms with E-state index in [1.807, 2.05) is 13.8 Å². The number of esters is 1. The number of aliphatic imine (C=N–C) groups is 1. The minimum absolute atomic E-state index is 0.173. The van der Waals surface area contributed by atoms with Gasteiger partial charge in [0.05, 0.1) is 11.5 Å². The second-order valence-electron chi connectivity index (χ2n) is 5.28. The zero-order valence-corrected chi connectivity index (χ0v) is 13.0. The fourth-order valence-corrected chi connectivity index (χ4v) is 3.08. The molecular formula is C14H18N2O4S. The van der Waals surface area contributed by atoms with Crippen LogP contribution in [0.2, 0.25) is 0 Å². The summed E-state index contributed by atoms with van der Waals surface area (Å²) in [7, 11) is -3.58. The number of benzene rings is 1. The van der Waals surface area contributed by atoms with Gasteiger partial charge in [-0.2, -0.15) is 0 Å². The van der Waals surface area contributed by atoms with Crippen molar-refractivity contribution in [2.45, 2.75) is 31.7 Å². The summed E-state index contributed by atoms with van der Waals surface area (Å²) in [6.45, 7) is 5.76. The van der Waals surface area contributed by atoms with Crippen LogP contribution in [0.3, 0.4) is 0 Å². The first-order valence-corrected chi connectivity index (χ1v) is 8.16. The van der Waals surface area contributed by atoms with E-state index in [9.17, 15) is 13.2 Å². The zero-order chi connectivity index (χ0) is 15.6. The number of nitrogens with one attached hydrogen (secondary N) is 1. The van der Waals surface area contributed by atoms with Gasteiger partial charge in [-0.25, -0.2) is 13.2 Å². The van der Waals surface area contributed by atoms with E-state index in [1.54, 1.807) is 25.1 Å². The lowest BCUT2D eigenvalue weighted by Gasteiger charge is -2.10. The predicted molar refractivity (Wildman–Crippen MR) is 78.6 cm³/mol. The summed E-state index contributed by atoms with van der Waals surface area (Å²) in [4.78, 5) is 16.1. The molecule has 1 aliphatic heterocycles. The van der Waals surface area contributed by atoms with Gasteiger partial charge in [-0.3, -0.25) is 9.71 Å². The molecule has 1 aromatic rings. The highest BCUT2D eigenvalue weighted by molar-refractivity contribution is 7.90. The third kappa shape index (κ3) is 3.41. The minimum Gasteiger partial charge on any atom is -0.464 e. The Bertz CT molecular complexity index is 680. The molecule has 0 bridgehead atoms. The van der Waals surface area contributed by atoms with Crippen molar-refractivity contribution >= 4 is 21.8 Å². The van der Waals surface area contributed by atoms with Crippen LogP contribution < -0.4 is 4.72 Å². The van der Waals surface area contributed by atoms with E-state index in [0.717, 1.165) is 0 Å². The molecule has 114 valence electrons. The first-order valence-electron chi connectivity index (χ1n) is 6.68. The number of hydrogen-bond donors (Lipinski definition) is 1. The van der Waals surface area contributed by atoms with Crippen molar-refractivity contribution in [1.82, 2.24) is 4.72 Å². The van der Waals surface area contributed by atoms with E-state index in [-0.39, 0.29) is 16.6 Å². The van der Waals surface area contributed by atoms with Crippen LogP contribution in [0.5, 0.6) is 0 Å². The van der Waals surface area contributed by atoms with Crippen molar-refractivity contribution in [3.63, 3.8) is 0 Å². The van der Waals surface area contributed by atoms with E-state index in [1.165, 1.54) is 6.07 Å². The summed E-state index contributed by atoms with van der Waals surface area (Å²) in [6.07, 6.45) is 0. The molecule has 0 aromatic heterocycles. The number of amidine groups is 1. The van der Waals surface area contributed by atoms with Crippen molar-refractivity contribution in [2.75, 3.05) is 6.61 Å². The monoisotopic (exact) mass is 310 g/mol. The smallest absolute Gasteiger partial charge is 0.330 e. The number of nitrogens with zero attached hydrogens (tertiary/aromatic N) is 1. The Balaban J connectivity index is 2.21. The third-order valence-electron chi connectivity index (χ3n) is 2.89. The molecule has 0 radical (unpaired) electrons. The van der Waals surface area contributed by atoms with Crippen LogP contribution in [0.15, 0.2) is 34.2 Å². The molecular weight excluding hydrogens is 292 g/mol. The largest absolute Gasteiger partial charge is 0.464 e. The van der Waals surface area contributed by atoms with Gasteiger partial charge in [-0.1, -0.05) is 26.0 Å². The number of hydrogen-bond acceptors (Lipinski definition) is 5. The molecule has 0 amide bonds. The lowest BCUT2D eigenvalue weighted by molar-refractivity contribution is -0.145. The van der Waals surface area contributed by atoms with E-state index in [0.29, 0.717) is 12.2 Å². The molecule has 0 aliphatic carbocycles. The number of rotatable bonds is 4. The van der Waals surface area contributed by atoms with Crippen LogP contribution in [0.25, 0.3) is 0 Å². The molecule has 21 heavy (non-hydrogen) atoms. The second-order valence-corrected chi connectivity index (χ2v) is 6.93. The summed E-state index contributed by atoms with van der Waals surface area (Å²) in [6, 6.07) is 5.74. The molecule has 0 unspecified atom stereocenters. The molecule has 1 aliphatic rings. The van der Waals surface area contributed by atoms with Gasteiger partial charge in [0.2, 0.25) is 0 Å². The number of fused-ring (bicyclic) bond motifs is 1. The van der Waals surface area contributed by atoms with E-state index >= 15 is 0 Å². The molecule has 2 rings (SSSR count). The van der Waals surface area contributed by atoms with Crippen molar-refractivity contribution in [3.05, 3.63) is 29.8 Å². The highest BCUT2D eigenvalue weighted by Gasteiger charge is 2.31. The maximum Gasteiger partial charge on any atom is 0.330 e. The fraction of sp³-hybridized carbons (Fsp3) is 0.429. The topological polar surface area (TPSA) is 84.8 Å². The van der Waals surface area contributed by atoms with Gasteiger partial charge in [0.15, 0.2) is 0 Å². The Hall–Kier alpha value is -1.89. The Morgan fingerprint density at radius 3 is 2.62 bits per heavy atom. The fourth-order valence-electron chi connectivity index (χ4n) is 1.85. The van der Waals surface area contributed by atoms with Crippen LogP contribution in [0.4, 0.5) is 0 Å². The molecule has 1 heterocycles. The van der Waals surface area contributed by atoms with Crippen LogP contribution >= 0.6 is 0 Å². The van der Waals surface area contributed by atoms with Crippen LogP contribution in [-0.2, 0) is 19.6 Å². The van der Waals surface area contributed by atoms with E-state index < -0.39 is 22.0 Å². The van der Waals surface area contributed by atoms with E-state index in [4.69, 9.17) is 4.74 Å². The standard InChI is InChI=1S/C14H18N2O4S/c1-9(2)8-20-14(17)10(3)15-13-11-6-4-5-7-12(11)21(18,19)16-13/h4-7,9-10H,8H2,1-3H3,(H,15,16)/t10-/m0/s1. The SMILES string of the molecule is CC(C)COC(=O)[C@H](C)N=C1NS(=O)(=O)c2ccccc21. The van der Waals surface area contributed by atoms with Crippen molar-refractivity contribution in [2.24, 2.45) is 10.9 Å². The minimum atomic E-state index is -3.58. The Morgan fingerprint density at radius 2 is 1.95 bits per heavy atom. The molecule has 1 atom stereocenters. The van der Waals surface area contributed by atoms with Crippen molar-refractivity contribution < 1.29 is 17.9 Å². The molecule has 0 saturated heterocycles. The molecule has 0 fully saturated rings. The van der Waals surface area contributed by atoms with Gasteiger partial charge in [-0.05, 0) is 25.0 Å². The lowest BCUT2D eigenvalue weighted by Crippen LogP contribution is -2.27. The quantitative estimate of drug-likeness (QED) is 0.850. The summed E-state index contributed by atoms with van der Waals surface area (Å²) in [5.41, 5.74) is 0.473. The van der Waals surface area contributed by atoms with Gasteiger partial charge in [0, 0.05) is 5.56 Å². The highest BCUT2D eigenvalue weighted by atomic mass is 32.2. The average molecular weight is 310 g/mol. The van der Waals surface area contributed by atoms with Gasteiger partial charge >= 0.3 is 5.97 Å². The number of carbonyl (C=O) groups is 1. The lowest BCUT2D eigenvalue weighted by atomic mass is 10.2. The second kappa shape index (κ2) is 5.85. The molecule has 0 saturated carbocycles. The summed E-state index contributed by atoms with van der Waals surface area (Å²) >= 11 is 0. The van der Waals surface area contributed by atoms with Gasteiger partial charge in [0.1, 0.15) is 11.9 Å². The number of sulfonamides is 1. The van der Waals surface area contributed by atoms with Crippen molar-refractivity contribution in [1.29, 1.82) is 0 Å². The molecule has 1 N–H and O–H groups in total. The average Bonchev–Trinajstić information content (AvgIpc) is 2.68. The van der Waals surface area contributed by atoms with Crippen LogP contribution in [0.1, 0.15) is 26.3 Å². The first-order chi connectivity index (χ1) is 9.81. The molecule has 1 aromatic carbocycles. The molecule has 0 spiro atoms. The van der Waals surface area contributed by atoms with Crippen LogP contribution in [0, 0.1) is 5.92 Å². The Kier molecular flexibility index (Phi) is 4.32. The molecule has 7 heteroatoms. The Labute approximate surface area is 124 Å². The normalized spacial score (nSPS) is 19.1. The van der Waals surface area contributed by atoms with Crippen molar-refractivity contribution in [3.8, 4) is 0 Å². The van der Waals surface area contributed by atoms with Crippen LogP contribution in [-0.4, -0.2) is 32.9 Å². The van der Waals surface area contributed by atoms with Gasteiger partial charge in [0.25, 0.3) is 10.0 Å². The third-order valence-corrected chi connectivity index (χ3v) is 4.28. The maximum absolute atomic E-state index is 11.9. The predicted octanol–water partition coefficient (Wildman–Crippen LogP) is 1.31.